The van der Waals surface area contributed by atoms with Gasteiger partial charge in [-0.3, -0.25) is 0 Å². The molecule has 1 rings (SSSR count). The van der Waals surface area contributed by atoms with Crippen LogP contribution in [0.4, 0.5) is 0 Å². The monoisotopic (exact) mass is 318 g/mol. The maximum absolute atomic E-state index is 10.3. The summed E-state index contributed by atoms with van der Waals surface area (Å²) < 4.78 is 0. The van der Waals surface area contributed by atoms with Crippen molar-refractivity contribution < 1.29 is 5.11 Å². The molecule has 1 aromatic rings. The number of hydrogen-bond acceptors (Lipinski definition) is 1. The molecule has 132 valence electrons. The zero-order valence-electron chi connectivity index (χ0n) is 15.7. The van der Waals surface area contributed by atoms with Gasteiger partial charge >= 0.3 is 0 Å². The molecule has 1 nitrogen and oxygen atoms in total. The van der Waals surface area contributed by atoms with Crippen LogP contribution in [-0.2, 0) is 6.42 Å². The first kappa shape index (κ1) is 20.1. The molecule has 23 heavy (non-hydrogen) atoms. The van der Waals surface area contributed by atoms with E-state index >= 15 is 0 Å². The average molecular weight is 319 g/mol. The predicted octanol–water partition coefficient (Wildman–Crippen LogP) is 7.37. The molecule has 0 bridgehead atoms. The lowest BCUT2D eigenvalue weighted by Gasteiger charge is -2.18. The van der Waals surface area contributed by atoms with E-state index in [9.17, 15) is 5.11 Å². The fraction of sp³-hybridized carbons (Fsp3) is 0.727. The normalized spacial score (nSPS) is 12.5. The fourth-order valence-corrected chi connectivity index (χ4v) is 3.44. The summed E-state index contributed by atoms with van der Waals surface area (Å²) in [6.07, 6.45) is 15.4. The third kappa shape index (κ3) is 7.90. The van der Waals surface area contributed by atoms with E-state index in [1.807, 2.05) is 12.1 Å². The van der Waals surface area contributed by atoms with Crippen LogP contribution in [0.5, 0.6) is 5.75 Å². The van der Waals surface area contributed by atoms with Crippen molar-refractivity contribution in [2.75, 3.05) is 0 Å². The summed E-state index contributed by atoms with van der Waals surface area (Å²) >= 11 is 0. The van der Waals surface area contributed by atoms with Gasteiger partial charge in [-0.1, -0.05) is 90.7 Å². The molecular formula is C22H38O. The van der Waals surface area contributed by atoms with E-state index < -0.39 is 0 Å². The molecule has 0 aromatic heterocycles. The largest absolute Gasteiger partial charge is 0.508 e. The van der Waals surface area contributed by atoms with Gasteiger partial charge in [-0.15, -0.1) is 0 Å². The first-order valence-electron chi connectivity index (χ1n) is 10.0. The van der Waals surface area contributed by atoms with Crippen molar-refractivity contribution in [3.63, 3.8) is 0 Å². The third-order valence-electron chi connectivity index (χ3n) is 4.99. The van der Waals surface area contributed by atoms with Crippen molar-refractivity contribution in [1.82, 2.24) is 0 Å². The van der Waals surface area contributed by atoms with Gasteiger partial charge in [0.25, 0.3) is 0 Å². The number of aromatic hydroxyl groups is 1. The summed E-state index contributed by atoms with van der Waals surface area (Å²) in [5.74, 6) is 1.07. The molecule has 0 saturated carbocycles. The minimum absolute atomic E-state index is 0.510. The predicted molar refractivity (Wildman–Crippen MR) is 102 cm³/mol. The van der Waals surface area contributed by atoms with Crippen molar-refractivity contribution in [3.8, 4) is 5.75 Å². The Labute approximate surface area is 144 Å². The van der Waals surface area contributed by atoms with Crippen LogP contribution in [0.15, 0.2) is 18.2 Å². The van der Waals surface area contributed by atoms with Crippen molar-refractivity contribution in [1.29, 1.82) is 0 Å². The zero-order chi connectivity index (χ0) is 16.9. The van der Waals surface area contributed by atoms with E-state index in [1.54, 1.807) is 0 Å². The molecule has 1 aromatic carbocycles. The van der Waals surface area contributed by atoms with Gasteiger partial charge in [-0.05, 0) is 42.4 Å². The molecule has 0 spiro atoms. The Balaban J connectivity index is 2.46. The number of benzene rings is 1. The second-order valence-corrected chi connectivity index (χ2v) is 7.11. The molecule has 0 aliphatic heterocycles. The smallest absolute Gasteiger partial charge is 0.119 e. The summed E-state index contributed by atoms with van der Waals surface area (Å²) in [5, 5.41) is 10.3. The lowest BCUT2D eigenvalue weighted by atomic mass is 9.88. The number of hydrogen-bond donors (Lipinski definition) is 1. The van der Waals surface area contributed by atoms with Crippen molar-refractivity contribution in [2.45, 2.75) is 104 Å². The SMILES string of the molecule is CCCCCCCCCc1c(O)cccc1C(C)CCCCC. The Hall–Kier alpha value is -0.980. The van der Waals surface area contributed by atoms with E-state index in [-0.39, 0.29) is 0 Å². The minimum Gasteiger partial charge on any atom is -0.508 e. The third-order valence-corrected chi connectivity index (χ3v) is 4.99. The molecule has 0 aliphatic carbocycles. The maximum Gasteiger partial charge on any atom is 0.119 e. The minimum atomic E-state index is 0.510. The molecule has 0 amide bonds. The molecule has 0 aliphatic rings. The molecule has 0 saturated heterocycles. The van der Waals surface area contributed by atoms with Crippen LogP contribution in [0.1, 0.15) is 108 Å². The van der Waals surface area contributed by atoms with Crippen molar-refractivity contribution >= 4 is 0 Å². The number of phenolic OH excluding ortho intramolecular Hbond substituents is 1. The standard InChI is InChI=1S/C22H38O/c1-4-6-8-9-10-11-13-16-21-20(17-14-18-22(21)23)19(3)15-12-7-5-2/h14,17-19,23H,4-13,15-16H2,1-3H3. The summed E-state index contributed by atoms with van der Waals surface area (Å²) in [6, 6.07) is 6.10. The zero-order valence-corrected chi connectivity index (χ0v) is 15.7. The van der Waals surface area contributed by atoms with E-state index in [4.69, 9.17) is 0 Å². The summed E-state index contributed by atoms with van der Waals surface area (Å²) in [4.78, 5) is 0. The molecule has 1 heteroatoms. The molecule has 0 radical (unpaired) electrons. The second kappa shape index (κ2) is 12.4. The summed E-state index contributed by atoms with van der Waals surface area (Å²) in [7, 11) is 0. The molecule has 0 fully saturated rings. The molecular weight excluding hydrogens is 280 g/mol. The molecule has 1 atom stereocenters. The Morgan fingerprint density at radius 3 is 2.13 bits per heavy atom. The van der Waals surface area contributed by atoms with Crippen molar-refractivity contribution in [2.24, 2.45) is 0 Å². The van der Waals surface area contributed by atoms with Crippen LogP contribution in [0.2, 0.25) is 0 Å². The molecule has 1 unspecified atom stereocenters. The van der Waals surface area contributed by atoms with Crippen LogP contribution >= 0.6 is 0 Å². The highest BCUT2D eigenvalue weighted by molar-refractivity contribution is 5.41. The van der Waals surface area contributed by atoms with E-state index in [0.717, 1.165) is 6.42 Å². The lowest BCUT2D eigenvalue weighted by Crippen LogP contribution is -2.01. The first-order valence-corrected chi connectivity index (χ1v) is 10.0. The van der Waals surface area contributed by atoms with Crippen LogP contribution in [0.3, 0.4) is 0 Å². The molecule has 0 heterocycles. The van der Waals surface area contributed by atoms with Crippen LogP contribution in [0.25, 0.3) is 0 Å². The van der Waals surface area contributed by atoms with Gasteiger partial charge in [0.1, 0.15) is 5.75 Å². The summed E-state index contributed by atoms with van der Waals surface area (Å²) in [6.45, 7) is 6.84. The number of rotatable bonds is 13. The van der Waals surface area contributed by atoms with Crippen LogP contribution < -0.4 is 0 Å². The van der Waals surface area contributed by atoms with Gasteiger partial charge in [0.2, 0.25) is 0 Å². The number of phenols is 1. The second-order valence-electron chi connectivity index (χ2n) is 7.11. The highest BCUT2D eigenvalue weighted by atomic mass is 16.3. The van der Waals surface area contributed by atoms with E-state index in [0.29, 0.717) is 11.7 Å². The fourth-order valence-electron chi connectivity index (χ4n) is 3.44. The Kier molecular flexibility index (Phi) is 10.9. The van der Waals surface area contributed by atoms with Gasteiger partial charge in [-0.25, -0.2) is 0 Å². The lowest BCUT2D eigenvalue weighted by molar-refractivity contribution is 0.462. The van der Waals surface area contributed by atoms with E-state index in [2.05, 4.69) is 26.8 Å². The quantitative estimate of drug-likeness (QED) is 0.376. The average Bonchev–Trinajstić information content (AvgIpc) is 2.55. The Bertz CT molecular complexity index is 410. The highest BCUT2D eigenvalue weighted by Gasteiger charge is 2.13. The van der Waals surface area contributed by atoms with Gasteiger partial charge in [0, 0.05) is 0 Å². The maximum atomic E-state index is 10.3. The first-order chi connectivity index (χ1) is 11.2. The van der Waals surface area contributed by atoms with Crippen molar-refractivity contribution in [3.05, 3.63) is 29.3 Å². The van der Waals surface area contributed by atoms with Gasteiger partial charge in [0.05, 0.1) is 0 Å². The Morgan fingerprint density at radius 2 is 1.43 bits per heavy atom. The van der Waals surface area contributed by atoms with Gasteiger partial charge in [0.15, 0.2) is 0 Å². The van der Waals surface area contributed by atoms with Crippen LogP contribution in [-0.4, -0.2) is 5.11 Å². The number of unbranched alkanes of at least 4 members (excludes halogenated alkanes) is 8. The summed E-state index contributed by atoms with van der Waals surface area (Å²) in [5.41, 5.74) is 2.59. The topological polar surface area (TPSA) is 20.2 Å². The Morgan fingerprint density at radius 1 is 0.826 bits per heavy atom. The van der Waals surface area contributed by atoms with Gasteiger partial charge in [-0.2, -0.15) is 0 Å². The van der Waals surface area contributed by atoms with Gasteiger partial charge < -0.3 is 5.11 Å². The van der Waals surface area contributed by atoms with E-state index in [1.165, 1.54) is 81.8 Å². The highest BCUT2D eigenvalue weighted by Crippen LogP contribution is 2.31. The molecule has 1 N–H and O–H groups in total. The van der Waals surface area contributed by atoms with Crippen LogP contribution in [0, 0.1) is 0 Å².